The van der Waals surface area contributed by atoms with Gasteiger partial charge in [-0.2, -0.15) is 5.10 Å². The second-order valence-corrected chi connectivity index (χ2v) is 7.12. The number of rotatable bonds is 6. The molecule has 0 aliphatic carbocycles. The monoisotopic (exact) mass is 385 g/mol. The molecule has 1 amide bonds. The molecule has 0 unspecified atom stereocenters. The summed E-state index contributed by atoms with van der Waals surface area (Å²) >= 11 is 5.93. The van der Waals surface area contributed by atoms with E-state index in [1.165, 1.54) is 5.56 Å². The Hall–Kier alpha value is -2.37. The van der Waals surface area contributed by atoms with Gasteiger partial charge in [0.2, 0.25) is 5.91 Å². The van der Waals surface area contributed by atoms with Gasteiger partial charge in [0.15, 0.2) is 0 Å². The van der Waals surface area contributed by atoms with Crippen LogP contribution in [0.3, 0.4) is 0 Å². The van der Waals surface area contributed by atoms with Gasteiger partial charge in [0, 0.05) is 17.5 Å². The van der Waals surface area contributed by atoms with E-state index in [1.54, 1.807) is 13.3 Å². The van der Waals surface area contributed by atoms with Crippen LogP contribution in [0.5, 0.6) is 5.75 Å². The van der Waals surface area contributed by atoms with Crippen LogP contribution in [0.15, 0.2) is 53.6 Å². The van der Waals surface area contributed by atoms with Crippen LogP contribution < -0.4 is 10.2 Å². The number of methoxy groups -OCH3 is 1. The highest BCUT2D eigenvalue weighted by Gasteiger charge is 2.24. The van der Waals surface area contributed by atoms with Crippen LogP contribution in [-0.4, -0.2) is 37.2 Å². The van der Waals surface area contributed by atoms with Gasteiger partial charge in [0.1, 0.15) is 5.75 Å². The molecule has 0 radical (unpaired) electrons. The minimum atomic E-state index is -0.00842. The highest BCUT2D eigenvalue weighted by molar-refractivity contribution is 6.30. The highest BCUT2D eigenvalue weighted by atomic mass is 35.5. The third-order valence-electron chi connectivity index (χ3n) is 4.78. The van der Waals surface area contributed by atoms with Crippen LogP contribution in [0.4, 0.5) is 0 Å². The number of amides is 1. The molecular weight excluding hydrogens is 362 g/mol. The zero-order valence-corrected chi connectivity index (χ0v) is 16.2. The largest absolute Gasteiger partial charge is 0.497 e. The number of carbonyl (C=O) groups is 1. The molecule has 0 bridgehead atoms. The molecule has 0 aromatic heterocycles. The normalized spacial score (nSPS) is 15.8. The second-order valence-electron chi connectivity index (χ2n) is 6.68. The Morgan fingerprint density at radius 3 is 2.48 bits per heavy atom. The Labute approximate surface area is 165 Å². The number of carbonyl (C=O) groups excluding carboxylic acids is 1. The Morgan fingerprint density at radius 1 is 1.19 bits per heavy atom. The summed E-state index contributed by atoms with van der Waals surface area (Å²) in [5.74, 6) is 0.798. The number of halogens is 1. The minimum Gasteiger partial charge on any atom is -0.497 e. The molecular formula is C21H24ClN3O2. The van der Waals surface area contributed by atoms with E-state index in [-0.39, 0.29) is 11.8 Å². The van der Waals surface area contributed by atoms with Crippen LogP contribution in [0.2, 0.25) is 5.02 Å². The molecule has 1 aliphatic heterocycles. The van der Waals surface area contributed by atoms with Crippen molar-refractivity contribution in [2.24, 2.45) is 11.0 Å². The number of ether oxygens (including phenoxy) is 1. The van der Waals surface area contributed by atoms with Gasteiger partial charge in [-0.25, -0.2) is 5.43 Å². The Bertz CT molecular complexity index is 767. The summed E-state index contributed by atoms with van der Waals surface area (Å²) in [4.78, 5) is 14.7. The predicted octanol–water partition coefficient (Wildman–Crippen LogP) is 3.71. The second kappa shape index (κ2) is 9.53. The molecule has 1 aliphatic rings. The summed E-state index contributed by atoms with van der Waals surface area (Å²) in [6.45, 7) is 2.70. The maximum atomic E-state index is 12.3. The van der Waals surface area contributed by atoms with E-state index >= 15 is 0 Å². The van der Waals surface area contributed by atoms with Gasteiger partial charge in [-0.15, -0.1) is 0 Å². The lowest BCUT2D eigenvalue weighted by Crippen LogP contribution is -2.39. The molecule has 2 aromatic carbocycles. The van der Waals surface area contributed by atoms with E-state index in [0.29, 0.717) is 0 Å². The molecule has 1 heterocycles. The average Bonchev–Trinajstić information content (AvgIpc) is 2.71. The van der Waals surface area contributed by atoms with E-state index in [0.717, 1.165) is 48.8 Å². The van der Waals surface area contributed by atoms with E-state index < -0.39 is 0 Å². The van der Waals surface area contributed by atoms with Gasteiger partial charge in [-0.1, -0.05) is 23.7 Å². The van der Waals surface area contributed by atoms with Crippen molar-refractivity contribution in [3.05, 3.63) is 64.7 Å². The number of benzene rings is 2. The number of hydrogen-bond acceptors (Lipinski definition) is 4. The van der Waals surface area contributed by atoms with Gasteiger partial charge in [-0.3, -0.25) is 9.69 Å². The van der Waals surface area contributed by atoms with Crippen molar-refractivity contribution >= 4 is 23.7 Å². The van der Waals surface area contributed by atoms with Crippen LogP contribution in [0, 0.1) is 5.92 Å². The number of hydrogen-bond donors (Lipinski definition) is 1. The van der Waals surface area contributed by atoms with Crippen molar-refractivity contribution in [3.8, 4) is 5.75 Å². The quantitative estimate of drug-likeness (QED) is 0.609. The first kappa shape index (κ1) is 19.4. The number of nitrogens with one attached hydrogen (secondary N) is 1. The van der Waals surface area contributed by atoms with E-state index in [9.17, 15) is 4.79 Å². The van der Waals surface area contributed by atoms with Crippen molar-refractivity contribution in [2.45, 2.75) is 19.4 Å². The van der Waals surface area contributed by atoms with Crippen LogP contribution >= 0.6 is 11.6 Å². The summed E-state index contributed by atoms with van der Waals surface area (Å²) in [7, 11) is 1.63. The molecule has 3 rings (SSSR count). The molecule has 0 spiro atoms. The Morgan fingerprint density at radius 2 is 1.85 bits per heavy atom. The highest BCUT2D eigenvalue weighted by Crippen LogP contribution is 2.20. The molecule has 27 heavy (non-hydrogen) atoms. The van der Waals surface area contributed by atoms with Crippen molar-refractivity contribution in [2.75, 3.05) is 20.2 Å². The summed E-state index contributed by atoms with van der Waals surface area (Å²) in [6.07, 6.45) is 3.34. The summed E-state index contributed by atoms with van der Waals surface area (Å²) in [5.41, 5.74) is 4.82. The van der Waals surface area contributed by atoms with Crippen molar-refractivity contribution in [1.82, 2.24) is 10.3 Å². The predicted molar refractivity (Wildman–Crippen MR) is 108 cm³/mol. The smallest absolute Gasteiger partial charge is 0.243 e. The fourth-order valence-electron chi connectivity index (χ4n) is 3.15. The molecule has 142 valence electrons. The Kier molecular flexibility index (Phi) is 6.85. The summed E-state index contributed by atoms with van der Waals surface area (Å²) in [6, 6.07) is 15.4. The van der Waals surface area contributed by atoms with E-state index in [2.05, 4.69) is 27.6 Å². The van der Waals surface area contributed by atoms with Gasteiger partial charge >= 0.3 is 0 Å². The third kappa shape index (κ3) is 5.81. The number of likely N-dealkylation sites (tertiary alicyclic amines) is 1. The molecule has 6 heteroatoms. The molecule has 0 saturated carbocycles. The standard InChI is InChI=1S/C21H24ClN3O2/c1-27-20-8-4-16(5-9-20)14-23-24-21(26)18-10-12-25(13-11-18)15-17-2-6-19(22)7-3-17/h2-9,14,18H,10-13,15H2,1H3,(H,24,26). The summed E-state index contributed by atoms with van der Waals surface area (Å²) < 4.78 is 5.12. The maximum absolute atomic E-state index is 12.3. The molecule has 0 atom stereocenters. The molecule has 2 aromatic rings. The SMILES string of the molecule is COc1ccc(C=NNC(=O)C2CCN(Cc3ccc(Cl)cc3)CC2)cc1. The fraction of sp³-hybridized carbons (Fsp3) is 0.333. The first-order valence-electron chi connectivity index (χ1n) is 9.08. The first-order valence-corrected chi connectivity index (χ1v) is 9.45. The lowest BCUT2D eigenvalue weighted by molar-refractivity contribution is -0.126. The van der Waals surface area contributed by atoms with Crippen LogP contribution in [0.1, 0.15) is 24.0 Å². The Balaban J connectivity index is 1.42. The first-order chi connectivity index (χ1) is 13.1. The van der Waals surface area contributed by atoms with Crippen molar-refractivity contribution in [3.63, 3.8) is 0 Å². The van der Waals surface area contributed by atoms with Gasteiger partial charge in [-0.05, 0) is 73.5 Å². The molecule has 5 nitrogen and oxygen atoms in total. The van der Waals surface area contributed by atoms with E-state index in [4.69, 9.17) is 16.3 Å². The van der Waals surface area contributed by atoms with Gasteiger partial charge in [0.25, 0.3) is 0 Å². The van der Waals surface area contributed by atoms with E-state index in [1.807, 2.05) is 36.4 Å². The topological polar surface area (TPSA) is 53.9 Å². The lowest BCUT2D eigenvalue weighted by atomic mass is 9.96. The van der Waals surface area contributed by atoms with Crippen LogP contribution in [-0.2, 0) is 11.3 Å². The number of hydrazone groups is 1. The van der Waals surface area contributed by atoms with Crippen LogP contribution in [0.25, 0.3) is 0 Å². The van der Waals surface area contributed by atoms with Gasteiger partial charge < -0.3 is 4.74 Å². The lowest BCUT2D eigenvalue weighted by Gasteiger charge is -2.30. The van der Waals surface area contributed by atoms with Crippen molar-refractivity contribution in [1.29, 1.82) is 0 Å². The fourth-order valence-corrected chi connectivity index (χ4v) is 3.28. The molecule has 1 saturated heterocycles. The zero-order chi connectivity index (χ0) is 19.1. The van der Waals surface area contributed by atoms with Gasteiger partial charge in [0.05, 0.1) is 13.3 Å². The average molecular weight is 386 g/mol. The summed E-state index contributed by atoms with van der Waals surface area (Å²) in [5, 5.41) is 4.83. The maximum Gasteiger partial charge on any atom is 0.243 e. The number of piperidine rings is 1. The minimum absolute atomic E-state index is 0.00842. The zero-order valence-electron chi connectivity index (χ0n) is 15.4. The molecule has 1 fully saturated rings. The third-order valence-corrected chi connectivity index (χ3v) is 5.03. The number of nitrogens with zero attached hydrogens (tertiary/aromatic N) is 2. The molecule has 1 N–H and O–H groups in total. The van der Waals surface area contributed by atoms with Crippen molar-refractivity contribution < 1.29 is 9.53 Å².